The van der Waals surface area contributed by atoms with Crippen molar-refractivity contribution in [2.24, 2.45) is 5.90 Å². The fourth-order valence-corrected chi connectivity index (χ4v) is 0.290. The first-order valence-corrected chi connectivity index (χ1v) is 2.71. The molecule has 0 fully saturated rings. The molecule has 3 N–H and O–H groups in total. The maximum atomic E-state index is 10.4. The van der Waals surface area contributed by atoms with Gasteiger partial charge in [0.2, 0.25) is 5.91 Å². The minimum Gasteiger partial charge on any atom is -0.370 e. The number of nitrogens with two attached hydrogens (primary N) is 1. The van der Waals surface area contributed by atoms with Gasteiger partial charge in [0, 0.05) is 12.3 Å². The highest BCUT2D eigenvalue weighted by molar-refractivity contribution is 5.89. The zero-order chi connectivity index (χ0) is 8.69. The van der Waals surface area contributed by atoms with Gasteiger partial charge in [-0.25, -0.2) is 4.79 Å². The highest BCUT2D eigenvalue weighted by Gasteiger charge is 1.91. The molecule has 0 aromatic carbocycles. The van der Waals surface area contributed by atoms with E-state index in [1.807, 2.05) is 0 Å². The third-order valence-electron chi connectivity index (χ3n) is 0.747. The third kappa shape index (κ3) is 4.86. The lowest BCUT2D eigenvalue weighted by Crippen LogP contribution is -2.14. The average molecular weight is 156 g/mol. The Kier molecular flexibility index (Phi) is 4.42. The molecule has 0 aromatic rings. The van der Waals surface area contributed by atoms with Crippen LogP contribution in [0.3, 0.4) is 0 Å². The molecule has 0 saturated heterocycles. The second-order valence-electron chi connectivity index (χ2n) is 1.48. The Morgan fingerprint density at radius 2 is 2.18 bits per heavy atom. The predicted molar refractivity (Wildman–Crippen MR) is 37.8 cm³/mol. The fraction of sp³-hybridized carbons (Fsp3) is 0. The minimum absolute atomic E-state index is 0.411. The molecule has 0 unspecified atom stereocenters. The first kappa shape index (κ1) is 9.38. The van der Waals surface area contributed by atoms with Crippen LogP contribution in [0, 0.1) is 0 Å². The summed E-state index contributed by atoms with van der Waals surface area (Å²) < 4.78 is 0. The van der Waals surface area contributed by atoms with Crippen molar-refractivity contribution in [3.63, 3.8) is 0 Å². The van der Waals surface area contributed by atoms with E-state index in [0.29, 0.717) is 0 Å². The van der Waals surface area contributed by atoms with E-state index in [0.717, 1.165) is 18.4 Å². The molecule has 0 aliphatic heterocycles. The van der Waals surface area contributed by atoms with Gasteiger partial charge in [-0.05, 0) is 6.08 Å². The number of carbonyl (C=O) groups excluding carboxylic acids is 2. The number of carbonyl (C=O) groups is 2. The van der Waals surface area contributed by atoms with Gasteiger partial charge in [0.05, 0.1) is 0 Å². The molecule has 0 aliphatic rings. The summed E-state index contributed by atoms with van der Waals surface area (Å²) in [5.41, 5.74) is 0. The maximum absolute atomic E-state index is 10.4. The Morgan fingerprint density at radius 1 is 1.55 bits per heavy atom. The molecule has 0 aromatic heterocycles. The van der Waals surface area contributed by atoms with Crippen LogP contribution in [0.15, 0.2) is 24.9 Å². The van der Waals surface area contributed by atoms with Gasteiger partial charge in [0.1, 0.15) is 0 Å². The van der Waals surface area contributed by atoms with Gasteiger partial charge in [-0.1, -0.05) is 6.58 Å². The molecule has 0 heterocycles. The standard InChI is InChI=1S/C6H8N2O3/c1-2-5(9)8-4-3-6(10)11-7/h2-4H,1,7H2,(H,8,9)/b4-3+. The molecule has 11 heavy (non-hydrogen) atoms. The molecule has 1 amide bonds. The molecule has 0 spiro atoms. The van der Waals surface area contributed by atoms with Crippen molar-refractivity contribution >= 4 is 11.9 Å². The van der Waals surface area contributed by atoms with E-state index in [2.05, 4.69) is 22.6 Å². The highest BCUT2D eigenvalue weighted by Crippen LogP contribution is 1.73. The topological polar surface area (TPSA) is 81.4 Å². The summed E-state index contributed by atoms with van der Waals surface area (Å²) >= 11 is 0. The Labute approximate surface area is 63.5 Å². The third-order valence-corrected chi connectivity index (χ3v) is 0.747. The van der Waals surface area contributed by atoms with Crippen LogP contribution in [-0.4, -0.2) is 11.9 Å². The van der Waals surface area contributed by atoms with Crippen LogP contribution in [0.25, 0.3) is 0 Å². The van der Waals surface area contributed by atoms with Gasteiger partial charge < -0.3 is 10.2 Å². The quantitative estimate of drug-likeness (QED) is 0.415. The van der Waals surface area contributed by atoms with E-state index in [1.165, 1.54) is 0 Å². The van der Waals surface area contributed by atoms with Crippen LogP contribution < -0.4 is 11.2 Å². The monoisotopic (exact) mass is 156 g/mol. The summed E-state index contributed by atoms with van der Waals surface area (Å²) in [7, 11) is 0. The fourth-order valence-electron chi connectivity index (χ4n) is 0.290. The molecule has 5 nitrogen and oxygen atoms in total. The number of hydrogen-bond donors (Lipinski definition) is 2. The van der Waals surface area contributed by atoms with E-state index in [4.69, 9.17) is 0 Å². The first-order valence-electron chi connectivity index (χ1n) is 2.71. The summed E-state index contributed by atoms with van der Waals surface area (Å²) in [6.07, 6.45) is 3.15. The van der Waals surface area contributed by atoms with Gasteiger partial charge in [-0.2, -0.15) is 5.90 Å². The maximum Gasteiger partial charge on any atom is 0.350 e. The molecule has 0 saturated carbocycles. The average Bonchev–Trinajstić information content (AvgIpc) is 2.04. The molecular formula is C6H8N2O3. The van der Waals surface area contributed by atoms with Gasteiger partial charge in [0.25, 0.3) is 0 Å². The Hall–Kier alpha value is -1.62. The number of rotatable bonds is 3. The van der Waals surface area contributed by atoms with Gasteiger partial charge in [0.15, 0.2) is 0 Å². The van der Waals surface area contributed by atoms with Crippen LogP contribution in [0.5, 0.6) is 0 Å². The second-order valence-corrected chi connectivity index (χ2v) is 1.48. The van der Waals surface area contributed by atoms with Crippen LogP contribution in [0.4, 0.5) is 0 Å². The molecule has 0 atom stereocenters. The number of hydrogen-bond acceptors (Lipinski definition) is 4. The van der Waals surface area contributed by atoms with E-state index < -0.39 is 11.9 Å². The highest BCUT2D eigenvalue weighted by atomic mass is 16.7. The first-order chi connectivity index (χ1) is 5.20. The molecule has 5 heteroatoms. The lowest BCUT2D eigenvalue weighted by Gasteiger charge is -1.90. The van der Waals surface area contributed by atoms with Crippen molar-refractivity contribution in [1.29, 1.82) is 0 Å². The SMILES string of the molecule is C=CC(=O)N/C=C/C(=O)ON. The van der Waals surface area contributed by atoms with E-state index >= 15 is 0 Å². The molecule has 0 bridgehead atoms. The summed E-state index contributed by atoms with van der Waals surface area (Å²) in [5, 5.41) is 2.20. The summed E-state index contributed by atoms with van der Waals surface area (Å²) in [4.78, 5) is 24.5. The second kappa shape index (κ2) is 5.19. The lowest BCUT2D eigenvalue weighted by molar-refractivity contribution is -0.138. The summed E-state index contributed by atoms with van der Waals surface area (Å²) in [6, 6.07) is 0. The zero-order valence-corrected chi connectivity index (χ0v) is 5.74. The van der Waals surface area contributed by atoms with Crippen molar-refractivity contribution < 1.29 is 14.4 Å². The summed E-state index contributed by atoms with van der Waals surface area (Å²) in [6.45, 7) is 3.19. The Balaban J connectivity index is 3.68. The van der Waals surface area contributed by atoms with Crippen molar-refractivity contribution in [2.45, 2.75) is 0 Å². The summed E-state index contributed by atoms with van der Waals surface area (Å²) in [5.74, 6) is 3.34. The lowest BCUT2D eigenvalue weighted by atomic mass is 10.5. The predicted octanol–water partition coefficient (Wildman–Crippen LogP) is -0.781. The van der Waals surface area contributed by atoms with Crippen molar-refractivity contribution in [1.82, 2.24) is 5.32 Å². The van der Waals surface area contributed by atoms with Crippen LogP contribution in [0.2, 0.25) is 0 Å². The Morgan fingerprint density at radius 3 is 2.64 bits per heavy atom. The minimum atomic E-state index is -0.741. The van der Waals surface area contributed by atoms with Gasteiger partial charge in [-0.15, -0.1) is 0 Å². The molecule has 60 valence electrons. The number of amides is 1. The molecule has 0 radical (unpaired) electrons. The van der Waals surface area contributed by atoms with Crippen molar-refractivity contribution in [3.8, 4) is 0 Å². The number of nitrogens with one attached hydrogen (secondary N) is 1. The van der Waals surface area contributed by atoms with Gasteiger partial charge in [-0.3, -0.25) is 4.79 Å². The smallest absolute Gasteiger partial charge is 0.350 e. The van der Waals surface area contributed by atoms with Crippen molar-refractivity contribution in [3.05, 3.63) is 24.9 Å². The van der Waals surface area contributed by atoms with Crippen LogP contribution >= 0.6 is 0 Å². The van der Waals surface area contributed by atoms with E-state index in [1.54, 1.807) is 0 Å². The zero-order valence-electron chi connectivity index (χ0n) is 5.74. The molecule has 0 aliphatic carbocycles. The molecular weight excluding hydrogens is 148 g/mol. The van der Waals surface area contributed by atoms with Crippen LogP contribution in [0.1, 0.15) is 0 Å². The van der Waals surface area contributed by atoms with Crippen LogP contribution in [-0.2, 0) is 14.4 Å². The largest absolute Gasteiger partial charge is 0.370 e. The van der Waals surface area contributed by atoms with Crippen molar-refractivity contribution in [2.75, 3.05) is 0 Å². The normalized spacial score (nSPS) is 9.18. The van der Waals surface area contributed by atoms with Gasteiger partial charge >= 0.3 is 5.97 Å². The van der Waals surface area contributed by atoms with E-state index in [-0.39, 0.29) is 0 Å². The Bertz CT molecular complexity index is 198. The molecule has 0 rings (SSSR count). The van der Waals surface area contributed by atoms with E-state index in [9.17, 15) is 9.59 Å².